The Balaban J connectivity index is 3.57. The Morgan fingerprint density at radius 3 is 2.45 bits per heavy atom. The number of carboxylic acids is 1. The maximum absolute atomic E-state index is 10.3. The maximum atomic E-state index is 10.3. The third kappa shape index (κ3) is 15.0. The Hall–Kier alpha value is -1.39. The van der Waals surface area contributed by atoms with Crippen molar-refractivity contribution in [1.29, 1.82) is 0 Å². The quantitative estimate of drug-likeness (QED) is 0.153. The fourth-order valence-electron chi connectivity index (χ4n) is 1.99. The van der Waals surface area contributed by atoms with Gasteiger partial charge in [0.25, 0.3) is 0 Å². The van der Waals surface area contributed by atoms with Crippen molar-refractivity contribution in [1.82, 2.24) is 0 Å². The lowest BCUT2D eigenvalue weighted by Gasteiger charge is -2.03. The van der Waals surface area contributed by atoms with Gasteiger partial charge in [-0.15, -0.1) is 0 Å². The largest absolute Gasteiger partial charge is 0.481 e. The molecular weight excluding hydrogens is 280 g/mol. The Bertz CT molecular complexity index is 345. The van der Waals surface area contributed by atoms with Gasteiger partial charge in [-0.3, -0.25) is 10.1 Å². The van der Waals surface area contributed by atoms with E-state index in [-0.39, 0.29) is 12.5 Å². The molecule has 0 unspecified atom stereocenters. The highest BCUT2D eigenvalue weighted by Gasteiger charge is 1.99. The van der Waals surface area contributed by atoms with Gasteiger partial charge in [0.15, 0.2) is 0 Å². The second-order valence-electron chi connectivity index (χ2n) is 5.27. The molecule has 0 rings (SSSR count). The molecule has 0 aliphatic heterocycles. The van der Waals surface area contributed by atoms with Gasteiger partial charge in [-0.05, 0) is 32.1 Å². The highest BCUT2D eigenvalue weighted by molar-refractivity contribution is 5.66. The maximum Gasteiger partial charge on any atom is 0.303 e. The van der Waals surface area contributed by atoms with Crippen molar-refractivity contribution in [3.05, 3.63) is 36.5 Å². The monoisotopic (exact) mass is 310 g/mol. The first kappa shape index (κ1) is 20.6. The van der Waals surface area contributed by atoms with Gasteiger partial charge in [-0.25, -0.2) is 4.89 Å². The molecule has 126 valence electrons. The number of aliphatic carboxylic acids is 1. The van der Waals surface area contributed by atoms with Gasteiger partial charge in [-0.2, -0.15) is 0 Å². The van der Waals surface area contributed by atoms with E-state index in [4.69, 9.17) is 10.4 Å². The smallest absolute Gasteiger partial charge is 0.303 e. The molecule has 0 aromatic rings. The van der Waals surface area contributed by atoms with Crippen LogP contribution in [0.2, 0.25) is 0 Å². The first-order valence-corrected chi connectivity index (χ1v) is 8.21. The SMILES string of the molecule is CCC=CC[C@H](C=CC=CCCCCCCCC(=O)O)OO. The molecule has 0 radical (unpaired) electrons. The number of allylic oxidation sites excluding steroid dienone is 4. The van der Waals surface area contributed by atoms with Crippen LogP contribution in [-0.4, -0.2) is 22.4 Å². The summed E-state index contributed by atoms with van der Waals surface area (Å²) in [4.78, 5) is 14.7. The Kier molecular flexibility index (Phi) is 15.0. The number of hydrogen-bond donors (Lipinski definition) is 2. The van der Waals surface area contributed by atoms with Gasteiger partial charge < -0.3 is 5.11 Å². The fraction of sp³-hybridized carbons (Fsp3) is 0.611. The topological polar surface area (TPSA) is 66.8 Å². The summed E-state index contributed by atoms with van der Waals surface area (Å²) < 4.78 is 0. The van der Waals surface area contributed by atoms with Crippen molar-refractivity contribution in [2.45, 2.75) is 70.8 Å². The highest BCUT2D eigenvalue weighted by atomic mass is 17.1. The van der Waals surface area contributed by atoms with Gasteiger partial charge in [-0.1, -0.05) is 62.6 Å². The number of unbranched alkanes of at least 4 members (excludes halogenated alkanes) is 5. The van der Waals surface area contributed by atoms with Crippen LogP contribution >= 0.6 is 0 Å². The molecule has 0 aliphatic carbocycles. The molecule has 0 aromatic heterocycles. The third-order valence-electron chi connectivity index (χ3n) is 3.24. The lowest BCUT2D eigenvalue weighted by Crippen LogP contribution is -2.04. The summed E-state index contributed by atoms with van der Waals surface area (Å²) >= 11 is 0. The summed E-state index contributed by atoms with van der Waals surface area (Å²) in [6, 6.07) is 0. The molecule has 0 spiro atoms. The first-order valence-electron chi connectivity index (χ1n) is 8.21. The molecule has 0 heterocycles. The van der Waals surface area contributed by atoms with Crippen LogP contribution in [0.15, 0.2) is 36.5 Å². The van der Waals surface area contributed by atoms with Crippen molar-refractivity contribution in [3.8, 4) is 0 Å². The van der Waals surface area contributed by atoms with Crippen molar-refractivity contribution in [2.24, 2.45) is 0 Å². The first-order chi connectivity index (χ1) is 10.7. The molecule has 0 aromatic carbocycles. The van der Waals surface area contributed by atoms with Crippen LogP contribution in [0, 0.1) is 0 Å². The van der Waals surface area contributed by atoms with Crippen molar-refractivity contribution < 1.29 is 20.0 Å². The van der Waals surface area contributed by atoms with Gasteiger partial charge in [0.2, 0.25) is 0 Å². The van der Waals surface area contributed by atoms with Crippen LogP contribution < -0.4 is 0 Å². The Labute approximate surface area is 134 Å². The molecule has 0 fully saturated rings. The average Bonchev–Trinajstić information content (AvgIpc) is 2.50. The standard InChI is InChI=1S/C18H30O4/c1-2-3-11-14-17(22-21)15-12-9-7-5-4-6-8-10-13-16-18(19)20/h3,7,9,11-12,15,17,21H,2,4-6,8,10,13-14,16H2,1H3,(H,19,20)/t17-/m1/s1. The fourth-order valence-corrected chi connectivity index (χ4v) is 1.99. The summed E-state index contributed by atoms with van der Waals surface area (Å²) in [6.45, 7) is 2.07. The lowest BCUT2D eigenvalue weighted by atomic mass is 10.1. The van der Waals surface area contributed by atoms with Crippen molar-refractivity contribution >= 4 is 5.97 Å². The molecule has 4 nitrogen and oxygen atoms in total. The molecule has 0 bridgehead atoms. The minimum atomic E-state index is -0.704. The molecule has 1 atom stereocenters. The molecule has 0 saturated carbocycles. The Morgan fingerprint density at radius 1 is 1.05 bits per heavy atom. The third-order valence-corrected chi connectivity index (χ3v) is 3.24. The van der Waals surface area contributed by atoms with Crippen molar-refractivity contribution in [2.75, 3.05) is 0 Å². The number of rotatable bonds is 14. The van der Waals surface area contributed by atoms with Gasteiger partial charge in [0.05, 0.1) is 0 Å². The zero-order valence-corrected chi connectivity index (χ0v) is 13.6. The molecule has 0 aliphatic rings. The highest BCUT2D eigenvalue weighted by Crippen LogP contribution is 2.08. The van der Waals surface area contributed by atoms with Crippen LogP contribution in [0.3, 0.4) is 0 Å². The summed E-state index contributed by atoms with van der Waals surface area (Å²) in [6.07, 6.45) is 19.7. The van der Waals surface area contributed by atoms with E-state index >= 15 is 0 Å². The van der Waals surface area contributed by atoms with Crippen LogP contribution in [0.1, 0.15) is 64.7 Å². The zero-order valence-electron chi connectivity index (χ0n) is 13.6. The van der Waals surface area contributed by atoms with E-state index in [9.17, 15) is 4.79 Å². The van der Waals surface area contributed by atoms with Gasteiger partial charge >= 0.3 is 5.97 Å². The second-order valence-corrected chi connectivity index (χ2v) is 5.27. The molecule has 0 amide bonds. The number of carboxylic acid groups (broad SMARTS) is 1. The van der Waals surface area contributed by atoms with E-state index in [0.717, 1.165) is 44.9 Å². The predicted octanol–water partition coefficient (Wildman–Crippen LogP) is 5.13. The molecular formula is C18H30O4. The van der Waals surface area contributed by atoms with E-state index in [1.165, 1.54) is 0 Å². The minimum Gasteiger partial charge on any atom is -0.481 e. The Morgan fingerprint density at radius 2 is 1.77 bits per heavy atom. The molecule has 22 heavy (non-hydrogen) atoms. The van der Waals surface area contributed by atoms with Gasteiger partial charge in [0.1, 0.15) is 6.10 Å². The molecule has 0 saturated heterocycles. The minimum absolute atomic E-state index is 0.284. The van der Waals surface area contributed by atoms with E-state index in [1.54, 1.807) is 0 Å². The van der Waals surface area contributed by atoms with E-state index in [0.29, 0.717) is 6.42 Å². The van der Waals surface area contributed by atoms with Gasteiger partial charge in [0, 0.05) is 6.42 Å². The zero-order chi connectivity index (χ0) is 16.5. The predicted molar refractivity (Wildman–Crippen MR) is 89.8 cm³/mol. The number of hydrogen-bond acceptors (Lipinski definition) is 3. The summed E-state index contributed by atoms with van der Waals surface area (Å²) in [5, 5.41) is 17.3. The second kappa shape index (κ2) is 16.0. The summed E-state index contributed by atoms with van der Waals surface area (Å²) in [5.41, 5.74) is 0. The summed E-state index contributed by atoms with van der Waals surface area (Å²) in [7, 11) is 0. The normalized spacial score (nSPS) is 13.5. The van der Waals surface area contributed by atoms with Crippen LogP contribution in [0.25, 0.3) is 0 Å². The molecule has 2 N–H and O–H groups in total. The average molecular weight is 310 g/mol. The van der Waals surface area contributed by atoms with Crippen LogP contribution in [0.5, 0.6) is 0 Å². The van der Waals surface area contributed by atoms with Crippen molar-refractivity contribution in [3.63, 3.8) is 0 Å². The van der Waals surface area contributed by atoms with Crippen LogP contribution in [0.4, 0.5) is 0 Å². The van der Waals surface area contributed by atoms with E-state index < -0.39 is 5.97 Å². The van der Waals surface area contributed by atoms with E-state index in [2.05, 4.69) is 17.9 Å². The van der Waals surface area contributed by atoms with E-state index in [1.807, 2.05) is 30.4 Å². The lowest BCUT2D eigenvalue weighted by molar-refractivity contribution is -0.264. The molecule has 4 heteroatoms. The summed E-state index contributed by atoms with van der Waals surface area (Å²) in [5.74, 6) is -0.704. The number of carbonyl (C=O) groups is 1. The van der Waals surface area contributed by atoms with Crippen LogP contribution in [-0.2, 0) is 9.68 Å².